The van der Waals surface area contributed by atoms with Gasteiger partial charge in [0.2, 0.25) is 10.0 Å². The highest BCUT2D eigenvalue weighted by atomic mass is 32.2. The number of anilines is 1. The molecule has 0 aliphatic carbocycles. The molecular formula is C20H20FN3O3S2. The minimum Gasteiger partial charge on any atom is -0.298 e. The van der Waals surface area contributed by atoms with E-state index < -0.39 is 21.7 Å². The van der Waals surface area contributed by atoms with Gasteiger partial charge >= 0.3 is 0 Å². The van der Waals surface area contributed by atoms with Gasteiger partial charge < -0.3 is 0 Å². The average molecular weight is 434 g/mol. The van der Waals surface area contributed by atoms with Crippen LogP contribution < -0.4 is 5.32 Å². The van der Waals surface area contributed by atoms with Gasteiger partial charge in [0, 0.05) is 18.7 Å². The van der Waals surface area contributed by atoms with Crippen molar-refractivity contribution >= 4 is 42.6 Å². The van der Waals surface area contributed by atoms with Gasteiger partial charge in [-0.15, -0.1) is 0 Å². The summed E-state index contributed by atoms with van der Waals surface area (Å²) in [5.74, 6) is -0.539. The number of para-hydroxylation sites is 1. The van der Waals surface area contributed by atoms with Crippen LogP contribution in [0.2, 0.25) is 0 Å². The van der Waals surface area contributed by atoms with Crippen molar-refractivity contribution in [2.45, 2.75) is 24.7 Å². The van der Waals surface area contributed by atoms with Crippen LogP contribution in [0.3, 0.4) is 0 Å². The molecule has 3 aromatic rings. The predicted molar refractivity (Wildman–Crippen MR) is 111 cm³/mol. The molecule has 1 aromatic heterocycles. The molecule has 6 nitrogen and oxygen atoms in total. The number of nitrogens with zero attached hydrogens (tertiary/aromatic N) is 2. The highest BCUT2D eigenvalue weighted by Gasteiger charge is 2.28. The maximum absolute atomic E-state index is 13.8. The van der Waals surface area contributed by atoms with Crippen LogP contribution in [0.4, 0.5) is 9.52 Å². The summed E-state index contributed by atoms with van der Waals surface area (Å²) in [5, 5.41) is 2.93. The molecule has 1 aliphatic rings. The fraction of sp³-hybridized carbons (Fsp3) is 0.300. The lowest BCUT2D eigenvalue weighted by Gasteiger charge is -2.30. The van der Waals surface area contributed by atoms with Gasteiger partial charge in [0.15, 0.2) is 5.13 Å². The monoisotopic (exact) mass is 433 g/mol. The molecule has 29 heavy (non-hydrogen) atoms. The SMILES string of the molecule is C[C@H]1CCCN(S(=O)(=O)c2ccc(C(=O)Nc3nc4c(F)cccc4s3)cc2)C1. The number of aromatic nitrogens is 1. The van der Waals surface area contributed by atoms with E-state index in [9.17, 15) is 17.6 Å². The van der Waals surface area contributed by atoms with Crippen molar-refractivity contribution in [2.75, 3.05) is 18.4 Å². The summed E-state index contributed by atoms with van der Waals surface area (Å²) in [7, 11) is -3.57. The Bertz CT molecular complexity index is 1160. The maximum Gasteiger partial charge on any atom is 0.257 e. The number of benzene rings is 2. The van der Waals surface area contributed by atoms with Crippen molar-refractivity contribution in [3.8, 4) is 0 Å². The van der Waals surface area contributed by atoms with Gasteiger partial charge in [0.05, 0.1) is 9.60 Å². The standard InChI is InChI=1S/C20H20FN3O3S2/c1-13-4-3-11-24(12-13)29(26,27)15-9-7-14(8-10-15)19(25)23-20-22-18-16(21)5-2-6-17(18)28-20/h2,5-10,13H,3-4,11-12H2,1H3,(H,22,23,25)/t13-/m0/s1. The summed E-state index contributed by atoms with van der Waals surface area (Å²) >= 11 is 1.18. The van der Waals surface area contributed by atoms with Crippen molar-refractivity contribution in [3.63, 3.8) is 0 Å². The number of halogens is 1. The van der Waals surface area contributed by atoms with E-state index in [0.717, 1.165) is 12.8 Å². The molecule has 1 N–H and O–H groups in total. The Morgan fingerprint density at radius 3 is 2.69 bits per heavy atom. The zero-order valence-corrected chi connectivity index (χ0v) is 17.4. The molecule has 1 saturated heterocycles. The number of carbonyl (C=O) groups is 1. The van der Waals surface area contributed by atoms with Crippen molar-refractivity contribution in [1.82, 2.24) is 9.29 Å². The molecule has 0 saturated carbocycles. The second-order valence-corrected chi connectivity index (χ2v) is 10.2. The quantitative estimate of drug-likeness (QED) is 0.672. The topological polar surface area (TPSA) is 79.4 Å². The van der Waals surface area contributed by atoms with Gasteiger partial charge in [0.1, 0.15) is 11.3 Å². The van der Waals surface area contributed by atoms with Gasteiger partial charge in [-0.2, -0.15) is 4.31 Å². The maximum atomic E-state index is 13.8. The predicted octanol–water partition coefficient (Wildman–Crippen LogP) is 4.11. The van der Waals surface area contributed by atoms with Gasteiger partial charge in [-0.1, -0.05) is 24.3 Å². The van der Waals surface area contributed by atoms with E-state index in [1.54, 1.807) is 12.1 Å². The lowest BCUT2D eigenvalue weighted by atomic mass is 10.0. The molecule has 152 valence electrons. The van der Waals surface area contributed by atoms with E-state index in [1.807, 2.05) is 6.92 Å². The summed E-state index contributed by atoms with van der Waals surface area (Å²) in [5.41, 5.74) is 0.515. The molecule has 1 amide bonds. The molecule has 0 spiro atoms. The number of thiazole rings is 1. The van der Waals surface area contributed by atoms with Crippen LogP contribution in [0.15, 0.2) is 47.4 Å². The number of nitrogens with one attached hydrogen (secondary N) is 1. The second-order valence-electron chi connectivity index (χ2n) is 7.19. The fourth-order valence-electron chi connectivity index (χ4n) is 3.43. The molecular weight excluding hydrogens is 413 g/mol. The Morgan fingerprint density at radius 2 is 2.00 bits per heavy atom. The molecule has 1 fully saturated rings. The Hall–Kier alpha value is -2.36. The largest absolute Gasteiger partial charge is 0.298 e. The first kappa shape index (κ1) is 19.9. The third kappa shape index (κ3) is 4.03. The first-order chi connectivity index (χ1) is 13.8. The number of rotatable bonds is 4. The van der Waals surface area contributed by atoms with E-state index >= 15 is 0 Å². The van der Waals surface area contributed by atoms with Gasteiger partial charge in [0.25, 0.3) is 5.91 Å². The average Bonchev–Trinajstić information content (AvgIpc) is 3.12. The van der Waals surface area contributed by atoms with E-state index in [0.29, 0.717) is 29.3 Å². The van der Waals surface area contributed by atoms with Crippen molar-refractivity contribution < 1.29 is 17.6 Å². The minimum atomic E-state index is -3.57. The number of piperidine rings is 1. The van der Waals surface area contributed by atoms with E-state index in [1.165, 1.54) is 46.0 Å². The summed E-state index contributed by atoms with van der Waals surface area (Å²) in [6.07, 6.45) is 1.88. The second kappa shape index (κ2) is 7.81. The summed E-state index contributed by atoms with van der Waals surface area (Å²) in [6.45, 7) is 3.07. The third-order valence-corrected chi connectivity index (χ3v) is 7.78. The lowest BCUT2D eigenvalue weighted by molar-refractivity contribution is 0.102. The van der Waals surface area contributed by atoms with Gasteiger partial charge in [-0.25, -0.2) is 17.8 Å². The first-order valence-electron chi connectivity index (χ1n) is 9.31. The molecule has 1 atom stereocenters. The van der Waals surface area contributed by atoms with Crippen molar-refractivity contribution in [3.05, 3.63) is 53.8 Å². The fourth-order valence-corrected chi connectivity index (χ4v) is 5.90. The Balaban J connectivity index is 1.51. The molecule has 1 aliphatic heterocycles. The highest BCUT2D eigenvalue weighted by Crippen LogP contribution is 2.28. The number of hydrogen-bond acceptors (Lipinski definition) is 5. The van der Waals surface area contributed by atoms with Crippen molar-refractivity contribution in [1.29, 1.82) is 0 Å². The zero-order valence-electron chi connectivity index (χ0n) is 15.8. The van der Waals surface area contributed by atoms with Crippen LogP contribution in [-0.2, 0) is 10.0 Å². The number of carbonyl (C=O) groups excluding carboxylic acids is 1. The molecule has 9 heteroatoms. The number of fused-ring (bicyclic) bond motifs is 1. The highest BCUT2D eigenvalue weighted by molar-refractivity contribution is 7.89. The number of amides is 1. The minimum absolute atomic E-state index is 0.171. The first-order valence-corrected chi connectivity index (χ1v) is 11.6. The summed E-state index contributed by atoms with van der Waals surface area (Å²) < 4.78 is 41.5. The normalized spacial score (nSPS) is 18.1. The van der Waals surface area contributed by atoms with Gasteiger partial charge in [-0.3, -0.25) is 10.1 Å². The van der Waals surface area contributed by atoms with Crippen molar-refractivity contribution in [2.24, 2.45) is 5.92 Å². The molecule has 0 unspecified atom stereocenters. The van der Waals surface area contributed by atoms with Crippen LogP contribution in [0.25, 0.3) is 10.2 Å². The molecule has 4 rings (SSSR count). The van der Waals surface area contributed by atoms with Crippen LogP contribution in [0.1, 0.15) is 30.1 Å². The molecule has 0 bridgehead atoms. The zero-order chi connectivity index (χ0) is 20.6. The van der Waals surface area contributed by atoms with Gasteiger partial charge in [-0.05, 0) is 55.2 Å². The van der Waals surface area contributed by atoms with E-state index in [2.05, 4.69) is 10.3 Å². The third-order valence-electron chi connectivity index (χ3n) is 4.96. The Morgan fingerprint density at radius 1 is 1.24 bits per heavy atom. The van der Waals surface area contributed by atoms with E-state index in [4.69, 9.17) is 0 Å². The number of sulfonamides is 1. The Kier molecular flexibility index (Phi) is 5.37. The van der Waals surface area contributed by atoms with Crippen LogP contribution in [-0.4, -0.2) is 36.7 Å². The van der Waals surface area contributed by atoms with Crippen LogP contribution in [0.5, 0.6) is 0 Å². The molecule has 2 aromatic carbocycles. The number of hydrogen-bond donors (Lipinski definition) is 1. The molecule has 0 radical (unpaired) electrons. The van der Waals surface area contributed by atoms with Crippen LogP contribution >= 0.6 is 11.3 Å². The van der Waals surface area contributed by atoms with E-state index in [-0.39, 0.29) is 15.5 Å². The smallest absolute Gasteiger partial charge is 0.257 e. The van der Waals surface area contributed by atoms with Crippen LogP contribution in [0, 0.1) is 11.7 Å². The Labute approximate surface area is 172 Å². The lowest BCUT2D eigenvalue weighted by Crippen LogP contribution is -2.39. The summed E-state index contributed by atoms with van der Waals surface area (Å²) in [4.78, 5) is 16.8. The summed E-state index contributed by atoms with van der Waals surface area (Å²) in [6, 6.07) is 10.5. The molecule has 2 heterocycles.